The van der Waals surface area contributed by atoms with E-state index < -0.39 is 23.4 Å². The van der Waals surface area contributed by atoms with Gasteiger partial charge >= 0.3 is 6.03 Å². The normalized spacial score (nSPS) is 20.4. The number of anilines is 1. The number of amides is 4. The molecule has 8 nitrogen and oxygen atoms in total. The second-order valence-corrected chi connectivity index (χ2v) is 9.33. The van der Waals surface area contributed by atoms with E-state index in [1.165, 1.54) is 11.3 Å². The number of hydrazine groups is 1. The number of benzene rings is 2. The van der Waals surface area contributed by atoms with Gasteiger partial charge in [0.1, 0.15) is 5.54 Å². The average Bonchev–Trinajstić information content (AvgIpc) is 3.42. The predicted octanol–water partition coefficient (Wildman–Crippen LogP) is 3.36. The summed E-state index contributed by atoms with van der Waals surface area (Å²) in [6.07, 6.45) is 0. The number of nitrogens with one attached hydrogen (secondary N) is 2. The van der Waals surface area contributed by atoms with Gasteiger partial charge in [-0.1, -0.05) is 60.7 Å². The Labute approximate surface area is 201 Å². The van der Waals surface area contributed by atoms with Crippen LogP contribution < -0.4 is 15.6 Å². The van der Waals surface area contributed by atoms with Gasteiger partial charge in [-0.15, -0.1) is 11.3 Å². The Morgan fingerprint density at radius 1 is 1.03 bits per heavy atom. The van der Waals surface area contributed by atoms with Crippen molar-refractivity contribution in [1.82, 2.24) is 15.8 Å². The minimum Gasteiger partial charge on any atom is -0.378 e. The molecule has 0 aliphatic carbocycles. The zero-order valence-electron chi connectivity index (χ0n) is 18.6. The van der Waals surface area contributed by atoms with E-state index in [4.69, 9.17) is 4.74 Å². The maximum absolute atomic E-state index is 13.2. The molecule has 34 heavy (non-hydrogen) atoms. The molecule has 2 aliphatic rings. The van der Waals surface area contributed by atoms with Crippen LogP contribution in [0.2, 0.25) is 0 Å². The molecule has 2 saturated heterocycles. The first kappa shape index (κ1) is 22.1. The molecule has 1 aromatic heterocycles. The van der Waals surface area contributed by atoms with E-state index in [0.29, 0.717) is 23.7 Å². The van der Waals surface area contributed by atoms with Crippen LogP contribution in [0.25, 0.3) is 11.1 Å². The van der Waals surface area contributed by atoms with Gasteiger partial charge in [0, 0.05) is 18.7 Å². The zero-order chi connectivity index (χ0) is 23.7. The summed E-state index contributed by atoms with van der Waals surface area (Å²) in [5.41, 5.74) is 3.83. The summed E-state index contributed by atoms with van der Waals surface area (Å²) in [6, 6.07) is 19.9. The molecule has 5 rings (SSSR count). The summed E-state index contributed by atoms with van der Waals surface area (Å²) in [7, 11) is 0. The molecule has 1 unspecified atom stereocenters. The third-order valence-electron chi connectivity index (χ3n) is 6.07. The molecular formula is C25H24N4O4S. The number of rotatable bonds is 5. The van der Waals surface area contributed by atoms with E-state index in [9.17, 15) is 14.4 Å². The van der Waals surface area contributed by atoms with Crippen molar-refractivity contribution in [1.29, 1.82) is 0 Å². The lowest BCUT2D eigenvalue weighted by molar-refractivity contribution is -0.132. The van der Waals surface area contributed by atoms with E-state index in [1.54, 1.807) is 31.2 Å². The van der Waals surface area contributed by atoms with Crippen LogP contribution in [0.4, 0.5) is 9.80 Å². The monoisotopic (exact) mass is 476 g/mol. The molecule has 0 bridgehead atoms. The molecule has 9 heteroatoms. The van der Waals surface area contributed by atoms with Crippen molar-refractivity contribution in [3.63, 3.8) is 0 Å². The number of morpholine rings is 1. The number of hydrogen-bond acceptors (Lipinski definition) is 6. The molecule has 3 aromatic rings. The molecule has 0 radical (unpaired) electrons. The Balaban J connectivity index is 1.42. The second-order valence-electron chi connectivity index (χ2n) is 8.30. The van der Waals surface area contributed by atoms with Crippen molar-refractivity contribution in [2.45, 2.75) is 12.5 Å². The molecule has 4 amide bonds. The lowest BCUT2D eigenvalue weighted by atomic mass is 9.92. The van der Waals surface area contributed by atoms with Crippen LogP contribution >= 0.6 is 11.3 Å². The van der Waals surface area contributed by atoms with Gasteiger partial charge < -0.3 is 15.0 Å². The highest BCUT2D eigenvalue weighted by Crippen LogP contribution is 2.39. The number of carbonyl (C=O) groups is 3. The van der Waals surface area contributed by atoms with Crippen LogP contribution in [0, 0.1) is 0 Å². The summed E-state index contributed by atoms with van der Waals surface area (Å²) < 4.78 is 5.48. The van der Waals surface area contributed by atoms with Gasteiger partial charge in [-0.2, -0.15) is 5.01 Å². The number of thiophene rings is 1. The number of nitrogens with zero attached hydrogens (tertiary/aromatic N) is 2. The van der Waals surface area contributed by atoms with E-state index in [2.05, 4.69) is 15.6 Å². The smallest absolute Gasteiger partial charge is 0.344 e. The van der Waals surface area contributed by atoms with E-state index in [1.807, 2.05) is 42.5 Å². The van der Waals surface area contributed by atoms with Gasteiger partial charge in [0.05, 0.1) is 23.1 Å². The summed E-state index contributed by atoms with van der Waals surface area (Å²) in [4.78, 5) is 41.6. The first-order valence-corrected chi connectivity index (χ1v) is 11.8. The van der Waals surface area contributed by atoms with Crippen molar-refractivity contribution in [2.24, 2.45) is 0 Å². The molecule has 1 atom stereocenters. The number of imide groups is 1. The van der Waals surface area contributed by atoms with Gasteiger partial charge in [0.2, 0.25) is 0 Å². The fourth-order valence-corrected chi connectivity index (χ4v) is 5.31. The topological polar surface area (TPSA) is 91.0 Å². The highest BCUT2D eigenvalue weighted by atomic mass is 32.1. The Morgan fingerprint density at radius 2 is 1.68 bits per heavy atom. The van der Waals surface area contributed by atoms with Crippen LogP contribution in [0.3, 0.4) is 0 Å². The number of urea groups is 1. The summed E-state index contributed by atoms with van der Waals surface area (Å²) in [5.74, 6) is -1.05. The summed E-state index contributed by atoms with van der Waals surface area (Å²) in [6.45, 7) is 4.32. The van der Waals surface area contributed by atoms with E-state index >= 15 is 0 Å². The first-order valence-electron chi connectivity index (χ1n) is 11.0. The van der Waals surface area contributed by atoms with Gasteiger partial charge in [0.25, 0.3) is 11.8 Å². The van der Waals surface area contributed by atoms with Gasteiger partial charge in [-0.05, 0) is 24.1 Å². The van der Waals surface area contributed by atoms with Gasteiger partial charge in [-0.3, -0.25) is 15.0 Å². The maximum Gasteiger partial charge on any atom is 0.344 e. The molecule has 2 fully saturated rings. The molecule has 2 aromatic carbocycles. The van der Waals surface area contributed by atoms with Gasteiger partial charge in [-0.25, -0.2) is 4.79 Å². The van der Waals surface area contributed by atoms with E-state index in [0.717, 1.165) is 34.2 Å². The Morgan fingerprint density at radius 3 is 2.35 bits per heavy atom. The van der Waals surface area contributed by atoms with Gasteiger partial charge in [0.15, 0.2) is 0 Å². The lowest BCUT2D eigenvalue weighted by Gasteiger charge is -2.28. The fraction of sp³-hybridized carbons (Fsp3) is 0.240. The second kappa shape index (κ2) is 8.92. The number of ether oxygens (including phenoxy) is 1. The fourth-order valence-electron chi connectivity index (χ4n) is 4.18. The van der Waals surface area contributed by atoms with Crippen molar-refractivity contribution < 1.29 is 19.1 Å². The number of carbonyl (C=O) groups excluding carboxylic acids is 3. The minimum atomic E-state index is -1.25. The summed E-state index contributed by atoms with van der Waals surface area (Å²) >= 11 is 1.34. The van der Waals surface area contributed by atoms with Crippen LogP contribution in [-0.4, -0.2) is 49.2 Å². The van der Waals surface area contributed by atoms with Crippen LogP contribution in [0.15, 0.2) is 66.7 Å². The Hall–Kier alpha value is -3.69. The highest BCUT2D eigenvalue weighted by Gasteiger charge is 2.50. The van der Waals surface area contributed by atoms with Crippen LogP contribution in [0.1, 0.15) is 22.2 Å². The maximum atomic E-state index is 13.2. The molecule has 0 spiro atoms. The SMILES string of the molecule is CC1(c2ccccc2)NC(=O)N(NC(=O)c2cc(-c3ccccc3)c(N3CCOCC3)s2)C1=O. The molecule has 2 aliphatic heterocycles. The van der Waals surface area contributed by atoms with Crippen molar-refractivity contribution in [3.8, 4) is 11.1 Å². The zero-order valence-corrected chi connectivity index (χ0v) is 19.4. The Kier molecular flexibility index (Phi) is 5.80. The number of hydrogen-bond donors (Lipinski definition) is 2. The Bertz CT molecular complexity index is 1220. The third kappa shape index (κ3) is 3.93. The molecule has 3 heterocycles. The van der Waals surface area contributed by atoms with Crippen LogP contribution in [0.5, 0.6) is 0 Å². The average molecular weight is 477 g/mol. The lowest BCUT2D eigenvalue weighted by Crippen LogP contribution is -2.47. The highest BCUT2D eigenvalue weighted by molar-refractivity contribution is 7.18. The largest absolute Gasteiger partial charge is 0.378 e. The molecular weight excluding hydrogens is 452 g/mol. The van der Waals surface area contributed by atoms with Crippen molar-refractivity contribution >= 4 is 34.2 Å². The standard InChI is InChI=1S/C25H24N4O4S/c1-25(18-10-6-3-7-11-18)23(31)29(24(32)26-25)27-21(30)20-16-19(17-8-4-2-5-9-17)22(34-20)28-12-14-33-15-13-28/h2-11,16H,12-15H2,1H3,(H,26,32)(H,27,30). The van der Waals surface area contributed by atoms with Crippen molar-refractivity contribution in [3.05, 3.63) is 77.2 Å². The van der Waals surface area contributed by atoms with Crippen LogP contribution in [-0.2, 0) is 15.1 Å². The molecule has 0 saturated carbocycles. The third-order valence-corrected chi connectivity index (χ3v) is 7.27. The summed E-state index contributed by atoms with van der Waals surface area (Å²) in [5, 5.41) is 4.43. The first-order chi connectivity index (χ1) is 16.5. The van der Waals surface area contributed by atoms with E-state index in [-0.39, 0.29) is 0 Å². The quantitative estimate of drug-likeness (QED) is 0.551. The molecule has 174 valence electrons. The molecule has 2 N–H and O–H groups in total. The minimum absolute atomic E-state index is 0.411. The van der Waals surface area contributed by atoms with Crippen molar-refractivity contribution in [2.75, 3.05) is 31.2 Å². The predicted molar refractivity (Wildman–Crippen MR) is 129 cm³/mol.